The molecule has 0 spiro atoms. The van der Waals surface area contributed by atoms with E-state index >= 15 is 0 Å². The van der Waals surface area contributed by atoms with Crippen LogP contribution in [0.25, 0.3) is 6.08 Å². The molecule has 6 heteroatoms. The van der Waals surface area contributed by atoms with Gasteiger partial charge in [-0.05, 0) is 36.3 Å². The molecule has 0 amide bonds. The maximum Gasteiger partial charge on any atom is 0.336 e. The van der Waals surface area contributed by atoms with Crippen molar-refractivity contribution < 1.29 is 19.1 Å². The van der Waals surface area contributed by atoms with Crippen LogP contribution in [-0.4, -0.2) is 28.4 Å². The zero-order chi connectivity index (χ0) is 19.9. The molecule has 0 saturated heterocycles. The minimum absolute atomic E-state index is 0.178. The predicted octanol–water partition coefficient (Wildman–Crippen LogP) is 3.76. The first-order valence-electron chi connectivity index (χ1n) is 8.68. The number of Topliss-reactive ketones (excluding diaryl/α,β-unsaturated/α-hetero) is 1. The smallest absolute Gasteiger partial charge is 0.336 e. The van der Waals surface area contributed by atoms with E-state index in [0.29, 0.717) is 11.3 Å². The number of methoxy groups -OCH3 is 1. The topological polar surface area (TPSA) is 70.4 Å². The maximum absolute atomic E-state index is 12.2. The highest BCUT2D eigenvalue weighted by Gasteiger charge is 2.12. The second kappa shape index (κ2) is 8.81. The molecule has 0 saturated carbocycles. The molecule has 6 nitrogen and oxygen atoms in total. The van der Waals surface area contributed by atoms with Gasteiger partial charge in [0.2, 0.25) is 0 Å². The lowest BCUT2D eigenvalue weighted by Gasteiger charge is -2.08. The summed E-state index contributed by atoms with van der Waals surface area (Å²) in [6.07, 6.45) is 8.39. The number of rotatable bonds is 7. The molecular weight excluding hydrogens is 356 g/mol. The number of esters is 1. The van der Waals surface area contributed by atoms with Crippen LogP contribution in [0.1, 0.15) is 28.4 Å². The number of ketones is 1. The number of imidazole rings is 1. The fraction of sp³-hybridized carbons (Fsp3) is 0.136. The van der Waals surface area contributed by atoms with Gasteiger partial charge in [0.25, 0.3) is 0 Å². The zero-order valence-electron chi connectivity index (χ0n) is 15.7. The van der Waals surface area contributed by atoms with Gasteiger partial charge in [-0.2, -0.15) is 0 Å². The summed E-state index contributed by atoms with van der Waals surface area (Å²) in [5.74, 6) is -0.0800. The lowest BCUT2D eigenvalue weighted by atomic mass is 10.1. The number of carbonyl (C=O) groups excluding carboxylic acids is 2. The van der Waals surface area contributed by atoms with Crippen molar-refractivity contribution in [3.63, 3.8) is 0 Å². The van der Waals surface area contributed by atoms with Crippen LogP contribution >= 0.6 is 0 Å². The third kappa shape index (κ3) is 4.94. The standard InChI is InChI=1S/C22H20N2O4/c1-16(25)20-9-8-19(27-2)13-21(20)28-22(26)10-7-17-3-5-18(6-4-17)14-24-12-11-23-15-24/h3-13,15H,14H2,1-2H3/b10-7+. The van der Waals surface area contributed by atoms with Crippen LogP contribution in [0.2, 0.25) is 0 Å². The maximum atomic E-state index is 12.2. The Hall–Kier alpha value is -3.67. The van der Waals surface area contributed by atoms with Crippen LogP contribution in [0.3, 0.4) is 0 Å². The minimum Gasteiger partial charge on any atom is -0.497 e. The minimum atomic E-state index is -0.571. The quantitative estimate of drug-likeness (QED) is 0.272. The Kier molecular flexibility index (Phi) is 6.01. The van der Waals surface area contributed by atoms with Crippen LogP contribution in [0.4, 0.5) is 0 Å². The molecule has 0 bridgehead atoms. The molecule has 0 aliphatic rings. The number of benzene rings is 2. The number of ether oxygens (including phenoxy) is 2. The largest absolute Gasteiger partial charge is 0.497 e. The van der Waals surface area contributed by atoms with Crippen molar-refractivity contribution in [2.45, 2.75) is 13.5 Å². The van der Waals surface area contributed by atoms with E-state index in [-0.39, 0.29) is 11.5 Å². The first-order chi connectivity index (χ1) is 13.5. The Labute approximate surface area is 163 Å². The van der Waals surface area contributed by atoms with Crippen LogP contribution in [0.5, 0.6) is 11.5 Å². The summed E-state index contributed by atoms with van der Waals surface area (Å²) < 4.78 is 12.4. The van der Waals surface area contributed by atoms with E-state index in [1.807, 2.05) is 35.0 Å². The number of carbonyl (C=O) groups is 2. The van der Waals surface area contributed by atoms with Crippen molar-refractivity contribution in [1.82, 2.24) is 9.55 Å². The SMILES string of the molecule is COc1ccc(C(C)=O)c(OC(=O)/C=C/c2ccc(Cn3ccnc3)cc2)c1. The highest BCUT2D eigenvalue weighted by molar-refractivity contribution is 5.98. The molecule has 0 fully saturated rings. The molecule has 0 aliphatic carbocycles. The molecule has 3 aromatic rings. The molecule has 2 aromatic carbocycles. The molecule has 0 radical (unpaired) electrons. The molecule has 28 heavy (non-hydrogen) atoms. The monoisotopic (exact) mass is 376 g/mol. The summed E-state index contributed by atoms with van der Waals surface area (Å²) in [6.45, 7) is 2.15. The average molecular weight is 376 g/mol. The molecule has 3 rings (SSSR count). The first kappa shape index (κ1) is 19.1. The zero-order valence-corrected chi connectivity index (χ0v) is 15.7. The molecule has 0 N–H and O–H groups in total. The van der Waals surface area contributed by atoms with Crippen molar-refractivity contribution in [3.05, 3.63) is 84.0 Å². The molecule has 0 aliphatic heterocycles. The van der Waals surface area contributed by atoms with E-state index in [9.17, 15) is 9.59 Å². The van der Waals surface area contributed by atoms with Crippen LogP contribution in [0, 0.1) is 0 Å². The Morgan fingerprint density at radius 1 is 1.14 bits per heavy atom. The van der Waals surface area contributed by atoms with Crippen molar-refractivity contribution in [1.29, 1.82) is 0 Å². The van der Waals surface area contributed by atoms with E-state index in [0.717, 1.165) is 17.7 Å². The molecule has 142 valence electrons. The highest BCUT2D eigenvalue weighted by Crippen LogP contribution is 2.25. The summed E-state index contributed by atoms with van der Waals surface area (Å²) in [5, 5.41) is 0. The van der Waals surface area contributed by atoms with E-state index in [2.05, 4.69) is 4.98 Å². The van der Waals surface area contributed by atoms with Gasteiger partial charge >= 0.3 is 5.97 Å². The van der Waals surface area contributed by atoms with Gasteiger partial charge in [0.05, 0.1) is 19.0 Å². The number of hydrogen-bond acceptors (Lipinski definition) is 5. The molecule has 0 atom stereocenters. The lowest BCUT2D eigenvalue weighted by molar-refractivity contribution is -0.128. The van der Waals surface area contributed by atoms with Gasteiger partial charge in [-0.1, -0.05) is 24.3 Å². The summed E-state index contributed by atoms with van der Waals surface area (Å²) in [7, 11) is 1.50. The van der Waals surface area contributed by atoms with Gasteiger partial charge in [-0.3, -0.25) is 4.79 Å². The van der Waals surface area contributed by atoms with Gasteiger partial charge in [0.15, 0.2) is 5.78 Å². The Bertz CT molecular complexity index is 990. The first-order valence-corrected chi connectivity index (χ1v) is 8.68. The van der Waals surface area contributed by atoms with Crippen molar-refractivity contribution in [2.75, 3.05) is 7.11 Å². The summed E-state index contributed by atoms with van der Waals surface area (Å²) in [5.41, 5.74) is 2.32. The second-order valence-corrected chi connectivity index (χ2v) is 6.15. The fourth-order valence-corrected chi connectivity index (χ4v) is 2.64. The van der Waals surface area contributed by atoms with E-state index < -0.39 is 5.97 Å². The van der Waals surface area contributed by atoms with Gasteiger partial charge in [0.1, 0.15) is 11.5 Å². The second-order valence-electron chi connectivity index (χ2n) is 6.15. The number of nitrogens with zero attached hydrogens (tertiary/aromatic N) is 2. The van der Waals surface area contributed by atoms with Crippen molar-refractivity contribution >= 4 is 17.8 Å². The Morgan fingerprint density at radius 3 is 2.57 bits per heavy atom. The molecule has 1 aromatic heterocycles. The molecule has 0 unspecified atom stereocenters. The van der Waals surface area contributed by atoms with Gasteiger partial charge in [-0.15, -0.1) is 0 Å². The third-order valence-electron chi connectivity index (χ3n) is 4.09. The van der Waals surface area contributed by atoms with Crippen molar-refractivity contribution in [2.24, 2.45) is 0 Å². The van der Waals surface area contributed by atoms with E-state index in [4.69, 9.17) is 9.47 Å². The Morgan fingerprint density at radius 2 is 1.93 bits per heavy atom. The van der Waals surface area contributed by atoms with E-state index in [1.54, 1.807) is 30.7 Å². The van der Waals surface area contributed by atoms with Gasteiger partial charge in [-0.25, -0.2) is 9.78 Å². The third-order valence-corrected chi connectivity index (χ3v) is 4.09. The predicted molar refractivity (Wildman–Crippen MR) is 105 cm³/mol. The fourth-order valence-electron chi connectivity index (χ4n) is 2.64. The summed E-state index contributed by atoms with van der Waals surface area (Å²) >= 11 is 0. The normalized spacial score (nSPS) is 10.8. The molecule has 1 heterocycles. The summed E-state index contributed by atoms with van der Waals surface area (Å²) in [6, 6.07) is 12.6. The van der Waals surface area contributed by atoms with Crippen LogP contribution in [0.15, 0.2) is 67.3 Å². The number of hydrogen-bond donors (Lipinski definition) is 0. The van der Waals surface area contributed by atoms with E-state index in [1.165, 1.54) is 26.2 Å². The van der Waals surface area contributed by atoms with Gasteiger partial charge in [0, 0.05) is 31.1 Å². The highest BCUT2D eigenvalue weighted by atomic mass is 16.5. The Balaban J connectivity index is 1.66. The summed E-state index contributed by atoms with van der Waals surface area (Å²) in [4.78, 5) is 27.9. The van der Waals surface area contributed by atoms with Gasteiger partial charge < -0.3 is 14.0 Å². The molecular formula is C22H20N2O4. The van der Waals surface area contributed by atoms with Crippen LogP contribution in [-0.2, 0) is 11.3 Å². The van der Waals surface area contributed by atoms with Crippen LogP contribution < -0.4 is 9.47 Å². The van der Waals surface area contributed by atoms with Crippen molar-refractivity contribution in [3.8, 4) is 11.5 Å². The number of aromatic nitrogens is 2. The lowest BCUT2D eigenvalue weighted by Crippen LogP contribution is -2.07. The average Bonchev–Trinajstić information content (AvgIpc) is 3.20.